The van der Waals surface area contributed by atoms with E-state index in [0.717, 1.165) is 44.2 Å². The highest BCUT2D eigenvalue weighted by Crippen LogP contribution is 2.38. The van der Waals surface area contributed by atoms with Gasteiger partial charge in [-0.25, -0.2) is 0 Å². The number of aliphatic hydroxyl groups is 3. The Bertz CT molecular complexity index is 2340. The summed E-state index contributed by atoms with van der Waals surface area (Å²) in [4.78, 5) is 19.0. The summed E-state index contributed by atoms with van der Waals surface area (Å²) in [6.45, 7) is 1.90. The van der Waals surface area contributed by atoms with Gasteiger partial charge in [-0.1, -0.05) is 72.3 Å². The first-order chi connectivity index (χ1) is 29.6. The number of hydrogen-bond acceptors (Lipinski definition) is 11. The molecule has 12 nitrogen and oxygen atoms in total. The van der Waals surface area contributed by atoms with Crippen molar-refractivity contribution < 1.29 is 44.5 Å². The molecular weight excluding hydrogens is 775 g/mol. The van der Waals surface area contributed by atoms with Gasteiger partial charge in [0.25, 0.3) is 0 Å². The average Bonchev–Trinajstić information content (AvgIpc) is 3.76. The molecule has 0 saturated carbocycles. The lowest BCUT2D eigenvalue weighted by Gasteiger charge is -2.27. The molecular formula is C49H56N3O9-. The molecule has 7 N–H and O–H groups in total. The van der Waals surface area contributed by atoms with E-state index in [1.54, 1.807) is 62.8 Å². The zero-order valence-corrected chi connectivity index (χ0v) is 34.9. The van der Waals surface area contributed by atoms with E-state index in [-0.39, 0.29) is 36.9 Å². The van der Waals surface area contributed by atoms with Gasteiger partial charge in [0, 0.05) is 37.4 Å². The van der Waals surface area contributed by atoms with E-state index < -0.39 is 30.8 Å². The summed E-state index contributed by atoms with van der Waals surface area (Å²) in [7, 11) is 3.34. The van der Waals surface area contributed by atoms with Crippen LogP contribution in [0.1, 0.15) is 58.2 Å². The van der Waals surface area contributed by atoms with Crippen molar-refractivity contribution in [2.24, 2.45) is 5.92 Å². The van der Waals surface area contributed by atoms with E-state index >= 15 is 0 Å². The molecule has 0 aliphatic heterocycles. The van der Waals surface area contributed by atoms with E-state index in [4.69, 9.17) is 14.2 Å². The maximum absolute atomic E-state index is 14.8. The van der Waals surface area contributed by atoms with Gasteiger partial charge in [-0.05, 0) is 108 Å². The molecule has 0 aliphatic rings. The first kappa shape index (κ1) is 44.7. The Labute approximate surface area is 356 Å². The summed E-state index contributed by atoms with van der Waals surface area (Å²) in [5.41, 5.74) is 5.75. The Balaban J connectivity index is 1.33. The van der Waals surface area contributed by atoms with Gasteiger partial charge in [-0.3, -0.25) is 10.1 Å². The van der Waals surface area contributed by atoms with Crippen molar-refractivity contribution in [2.75, 3.05) is 34.2 Å². The third-order valence-corrected chi connectivity index (χ3v) is 10.9. The molecule has 0 saturated heterocycles. The topological polar surface area (TPSA) is 184 Å². The van der Waals surface area contributed by atoms with Gasteiger partial charge >= 0.3 is 0 Å². The number of aromatic nitrogens is 1. The average molecular weight is 831 g/mol. The summed E-state index contributed by atoms with van der Waals surface area (Å²) in [6.07, 6.45) is 3.08. The van der Waals surface area contributed by atoms with Crippen LogP contribution in [0.5, 0.6) is 28.7 Å². The monoisotopic (exact) mass is 830 g/mol. The molecule has 6 aromatic rings. The highest BCUT2D eigenvalue weighted by molar-refractivity contribution is 5.87. The molecule has 0 aliphatic carbocycles. The van der Waals surface area contributed by atoms with Gasteiger partial charge < -0.3 is 50.0 Å². The molecule has 322 valence electrons. The Morgan fingerprint density at radius 2 is 1.64 bits per heavy atom. The van der Waals surface area contributed by atoms with Crippen molar-refractivity contribution in [3.05, 3.63) is 148 Å². The van der Waals surface area contributed by atoms with Crippen LogP contribution in [0.3, 0.4) is 0 Å². The second kappa shape index (κ2) is 21.6. The molecule has 0 unspecified atom stereocenters. The fourth-order valence-corrected chi connectivity index (χ4v) is 8.03. The van der Waals surface area contributed by atoms with Crippen LogP contribution in [0, 0.1) is 5.92 Å². The SMILES string of the molecule is CNCc1cc(O)cc([C@@H](Cc2ccc(OCO)c(OCNC[C@H](C)O)c2)C(=O)C[C@@H](O)[C@H](Cc2cc[n-]c2)Cc2ccc(O)c(OC)c2Cc2cccc3ccccc23)c1. The van der Waals surface area contributed by atoms with E-state index in [1.807, 2.05) is 36.4 Å². The number of Topliss-reactive ketones (excluding diaryl/α,β-unsaturated/α-hetero) is 1. The number of nitrogens with one attached hydrogen (secondary N) is 2. The Morgan fingerprint density at radius 3 is 2.39 bits per heavy atom. The van der Waals surface area contributed by atoms with Crippen molar-refractivity contribution in [1.82, 2.24) is 15.6 Å². The highest BCUT2D eigenvalue weighted by Gasteiger charge is 2.30. The number of hydrogen-bond donors (Lipinski definition) is 7. The fraction of sp³-hybridized carbons (Fsp3) is 0.327. The number of carbonyl (C=O) groups excluding carboxylic acids is 1. The van der Waals surface area contributed by atoms with Crippen LogP contribution in [0.2, 0.25) is 0 Å². The first-order valence-electron chi connectivity index (χ1n) is 20.5. The normalized spacial score (nSPS) is 13.4. The lowest BCUT2D eigenvalue weighted by atomic mass is 9.80. The van der Waals surface area contributed by atoms with Gasteiger partial charge in [-0.2, -0.15) is 12.4 Å². The Hall–Kier alpha value is -5.89. The third-order valence-electron chi connectivity index (χ3n) is 10.9. The van der Waals surface area contributed by atoms with Crippen molar-refractivity contribution >= 4 is 16.6 Å². The quantitative estimate of drug-likeness (QED) is 0.0300. The zero-order chi connectivity index (χ0) is 43.3. The number of fused-ring (bicyclic) bond motifs is 1. The molecule has 5 aromatic carbocycles. The number of methoxy groups -OCH3 is 1. The van der Waals surface area contributed by atoms with Crippen LogP contribution in [0.4, 0.5) is 0 Å². The molecule has 0 bridgehead atoms. The molecule has 0 spiro atoms. The maximum atomic E-state index is 14.8. The minimum absolute atomic E-state index is 0.0149. The minimum atomic E-state index is -1.09. The van der Waals surface area contributed by atoms with Crippen LogP contribution in [-0.2, 0) is 37.0 Å². The summed E-state index contributed by atoms with van der Waals surface area (Å²) < 4.78 is 17.1. The van der Waals surface area contributed by atoms with Crippen molar-refractivity contribution in [1.29, 1.82) is 0 Å². The van der Waals surface area contributed by atoms with Crippen molar-refractivity contribution in [2.45, 2.75) is 63.7 Å². The molecule has 1 heterocycles. The second-order valence-corrected chi connectivity index (χ2v) is 15.5. The number of carbonyl (C=O) groups is 1. The Kier molecular flexibility index (Phi) is 15.8. The predicted octanol–water partition coefficient (Wildman–Crippen LogP) is 5.91. The van der Waals surface area contributed by atoms with Crippen LogP contribution in [-0.4, -0.2) is 77.7 Å². The largest absolute Gasteiger partial charge is 0.670 e. The van der Waals surface area contributed by atoms with Gasteiger partial charge in [0.05, 0.1) is 19.3 Å². The van der Waals surface area contributed by atoms with Crippen molar-refractivity contribution in [3.8, 4) is 28.7 Å². The molecule has 1 aromatic heterocycles. The Morgan fingerprint density at radius 1 is 0.820 bits per heavy atom. The number of nitrogens with zero attached hydrogens (tertiary/aromatic N) is 1. The number of benzene rings is 5. The predicted molar refractivity (Wildman–Crippen MR) is 234 cm³/mol. The number of phenols is 2. The number of phenolic OH excluding ortho intramolecular Hbond substituents is 2. The standard InChI is InChI=1S/C49H56N3O9/c1-31(54)26-52-29-60-48-21-32(11-14-47(48)61-30-53)20-42(38-18-34(27-50-2)19-40(55)23-38)46(58)25-45(57)39(17-33-15-16-51-28-33)22-37-12-13-44(56)49(59-3)43(37)24-36-9-6-8-35-7-4-5-10-41(35)36/h4-16,18-19,21,23,28,31,39,42,45,50,52-57H,17,20,22,24-27,29-30H2,1-3H3/q-1/t31-,39+,42+,45+/m0/s1. The molecule has 12 heteroatoms. The van der Waals surface area contributed by atoms with Crippen LogP contribution < -0.4 is 29.8 Å². The van der Waals surface area contributed by atoms with Crippen LogP contribution >= 0.6 is 0 Å². The molecule has 4 atom stereocenters. The second-order valence-electron chi connectivity index (χ2n) is 15.5. The summed E-state index contributed by atoms with van der Waals surface area (Å²) in [5, 5.41) is 61.5. The maximum Gasteiger partial charge on any atom is 0.186 e. The van der Waals surface area contributed by atoms with Gasteiger partial charge in [0.1, 0.15) is 18.3 Å². The van der Waals surface area contributed by atoms with E-state index in [0.29, 0.717) is 55.2 Å². The molecule has 0 amide bonds. The van der Waals surface area contributed by atoms with Gasteiger partial charge in [0.2, 0.25) is 0 Å². The fourth-order valence-electron chi connectivity index (χ4n) is 8.03. The molecule has 61 heavy (non-hydrogen) atoms. The molecule has 6 rings (SSSR count). The lowest BCUT2D eigenvalue weighted by Crippen LogP contribution is -2.30. The number of ether oxygens (including phenoxy) is 3. The minimum Gasteiger partial charge on any atom is -0.670 e. The molecule has 0 fully saturated rings. The number of aromatic hydroxyl groups is 2. The van der Waals surface area contributed by atoms with Crippen LogP contribution in [0.25, 0.3) is 10.8 Å². The lowest BCUT2D eigenvalue weighted by molar-refractivity contribution is -0.123. The molecule has 0 radical (unpaired) electrons. The zero-order valence-electron chi connectivity index (χ0n) is 34.9. The number of aliphatic hydroxyl groups excluding tert-OH is 3. The number of ketones is 1. The van der Waals surface area contributed by atoms with Crippen LogP contribution in [0.15, 0.2) is 109 Å². The first-order valence-corrected chi connectivity index (χ1v) is 20.5. The highest BCUT2D eigenvalue weighted by atomic mass is 16.6. The van der Waals surface area contributed by atoms with Gasteiger partial charge in [0.15, 0.2) is 29.8 Å². The smallest absolute Gasteiger partial charge is 0.186 e. The summed E-state index contributed by atoms with van der Waals surface area (Å²) >= 11 is 0. The van der Waals surface area contributed by atoms with Crippen molar-refractivity contribution in [3.63, 3.8) is 0 Å². The van der Waals surface area contributed by atoms with E-state index in [9.17, 15) is 30.3 Å². The van der Waals surface area contributed by atoms with E-state index in [2.05, 4.69) is 39.9 Å². The summed E-state index contributed by atoms with van der Waals surface area (Å²) in [6, 6.07) is 30.0. The van der Waals surface area contributed by atoms with E-state index in [1.165, 1.54) is 7.11 Å². The van der Waals surface area contributed by atoms with Gasteiger partial charge in [-0.15, -0.1) is 0 Å². The number of rotatable bonds is 23. The summed E-state index contributed by atoms with van der Waals surface area (Å²) in [5.74, 6) is -0.424. The third kappa shape index (κ3) is 11.9.